The molecule has 1 N–H and O–H groups in total. The zero-order valence-corrected chi connectivity index (χ0v) is 13.3. The molecule has 0 saturated carbocycles. The first-order valence-electron chi connectivity index (χ1n) is 7.25. The number of hydrogen-bond acceptors (Lipinski definition) is 2. The van der Waals surface area contributed by atoms with Crippen LogP contribution in [0.3, 0.4) is 0 Å². The molecular formula is C17H23ClN2. The first kappa shape index (κ1) is 15.4. The number of nitrogens with one attached hydrogen (secondary N) is 1. The monoisotopic (exact) mass is 290 g/mol. The molecule has 0 aliphatic carbocycles. The summed E-state index contributed by atoms with van der Waals surface area (Å²) in [5.41, 5.74) is 0.946. The van der Waals surface area contributed by atoms with E-state index in [9.17, 15) is 5.26 Å². The van der Waals surface area contributed by atoms with Crippen LogP contribution >= 0.6 is 11.6 Å². The van der Waals surface area contributed by atoms with E-state index >= 15 is 0 Å². The summed E-state index contributed by atoms with van der Waals surface area (Å²) in [7, 11) is 0. The second-order valence-corrected chi connectivity index (χ2v) is 7.44. The van der Waals surface area contributed by atoms with Gasteiger partial charge >= 0.3 is 0 Å². The van der Waals surface area contributed by atoms with Gasteiger partial charge in [0.25, 0.3) is 0 Å². The van der Waals surface area contributed by atoms with Gasteiger partial charge in [-0.3, -0.25) is 0 Å². The third-order valence-corrected chi connectivity index (χ3v) is 4.45. The zero-order valence-electron chi connectivity index (χ0n) is 12.5. The van der Waals surface area contributed by atoms with Crippen LogP contribution in [0.15, 0.2) is 24.3 Å². The number of halogens is 1. The highest BCUT2D eigenvalue weighted by Crippen LogP contribution is 2.42. The van der Waals surface area contributed by atoms with Crippen molar-refractivity contribution in [3.8, 4) is 6.07 Å². The van der Waals surface area contributed by atoms with Gasteiger partial charge in [0.2, 0.25) is 0 Å². The van der Waals surface area contributed by atoms with E-state index in [1.54, 1.807) is 0 Å². The molecule has 2 nitrogen and oxygen atoms in total. The maximum Gasteiger partial charge on any atom is 0.0874 e. The van der Waals surface area contributed by atoms with Crippen molar-refractivity contribution in [2.24, 2.45) is 11.3 Å². The van der Waals surface area contributed by atoms with Crippen molar-refractivity contribution in [3.63, 3.8) is 0 Å². The molecule has 2 unspecified atom stereocenters. The van der Waals surface area contributed by atoms with Crippen LogP contribution in [0.1, 0.15) is 39.2 Å². The number of nitrogens with zero attached hydrogens (tertiary/aromatic N) is 1. The number of hydrogen-bond donors (Lipinski definition) is 1. The molecule has 1 fully saturated rings. The van der Waals surface area contributed by atoms with E-state index in [1.807, 2.05) is 24.3 Å². The van der Waals surface area contributed by atoms with E-state index in [1.165, 1.54) is 0 Å². The van der Waals surface area contributed by atoms with E-state index in [0.717, 1.165) is 36.5 Å². The predicted molar refractivity (Wildman–Crippen MR) is 83.8 cm³/mol. The summed E-state index contributed by atoms with van der Waals surface area (Å²) in [4.78, 5) is 0. The maximum absolute atomic E-state index is 9.92. The van der Waals surface area contributed by atoms with Gasteiger partial charge in [0.1, 0.15) is 0 Å². The molecule has 1 saturated heterocycles. The molecule has 0 aromatic heterocycles. The van der Waals surface area contributed by atoms with Gasteiger partial charge in [-0.1, -0.05) is 44.5 Å². The van der Waals surface area contributed by atoms with Crippen molar-refractivity contribution < 1.29 is 0 Å². The highest BCUT2D eigenvalue weighted by molar-refractivity contribution is 6.30. The summed E-state index contributed by atoms with van der Waals surface area (Å²) < 4.78 is 0. The standard InChI is InChI=1S/C17H23ClN2/c1-16(2,3)10-14-11-20-9-8-17(14,12-19)13-4-6-15(18)7-5-13/h4-7,14,20H,8-11H2,1-3H3. The minimum absolute atomic E-state index is 0.220. The van der Waals surface area contributed by atoms with E-state index in [-0.39, 0.29) is 10.8 Å². The van der Waals surface area contributed by atoms with Gasteiger partial charge in [-0.2, -0.15) is 5.26 Å². The summed E-state index contributed by atoms with van der Waals surface area (Å²) >= 11 is 5.99. The number of piperidine rings is 1. The van der Waals surface area contributed by atoms with Crippen molar-refractivity contribution in [3.05, 3.63) is 34.9 Å². The third-order valence-electron chi connectivity index (χ3n) is 4.20. The Morgan fingerprint density at radius 2 is 2.00 bits per heavy atom. The summed E-state index contributed by atoms with van der Waals surface area (Å²) in [6.07, 6.45) is 1.90. The molecule has 0 amide bonds. The molecule has 0 spiro atoms. The lowest BCUT2D eigenvalue weighted by Gasteiger charge is -2.42. The van der Waals surface area contributed by atoms with Gasteiger partial charge in [-0.25, -0.2) is 0 Å². The van der Waals surface area contributed by atoms with Crippen molar-refractivity contribution in [2.45, 2.75) is 39.0 Å². The topological polar surface area (TPSA) is 35.8 Å². The third kappa shape index (κ3) is 3.16. The normalized spacial score (nSPS) is 27.1. The van der Waals surface area contributed by atoms with E-state index in [0.29, 0.717) is 5.92 Å². The van der Waals surface area contributed by atoms with Gasteiger partial charge in [0.05, 0.1) is 11.5 Å². The van der Waals surface area contributed by atoms with Crippen LogP contribution in [0, 0.1) is 22.7 Å². The fourth-order valence-electron chi connectivity index (χ4n) is 3.26. The molecule has 0 radical (unpaired) electrons. The summed E-state index contributed by atoms with van der Waals surface area (Å²) in [6, 6.07) is 10.5. The summed E-state index contributed by atoms with van der Waals surface area (Å²) in [5.74, 6) is 0.336. The summed E-state index contributed by atoms with van der Waals surface area (Å²) in [6.45, 7) is 8.53. The first-order valence-corrected chi connectivity index (χ1v) is 7.63. The van der Waals surface area contributed by atoms with Gasteiger partial charge in [-0.15, -0.1) is 0 Å². The molecule has 3 heteroatoms. The van der Waals surface area contributed by atoms with Gasteiger partial charge in [0, 0.05) is 5.02 Å². The summed E-state index contributed by atoms with van der Waals surface area (Å²) in [5, 5.41) is 14.1. The van der Waals surface area contributed by atoms with Crippen LogP contribution < -0.4 is 5.32 Å². The fourth-order valence-corrected chi connectivity index (χ4v) is 3.39. The van der Waals surface area contributed by atoms with Gasteiger partial charge in [-0.05, 0) is 55.0 Å². The number of nitriles is 1. The average molecular weight is 291 g/mol. The highest BCUT2D eigenvalue weighted by Gasteiger charge is 2.43. The molecule has 1 aliphatic rings. The Balaban J connectivity index is 2.39. The molecule has 108 valence electrons. The second-order valence-electron chi connectivity index (χ2n) is 7.01. The lowest BCUT2D eigenvalue weighted by molar-refractivity contribution is 0.183. The maximum atomic E-state index is 9.92. The Morgan fingerprint density at radius 1 is 1.35 bits per heavy atom. The Bertz CT molecular complexity index is 495. The first-order chi connectivity index (χ1) is 9.37. The Labute approximate surface area is 127 Å². The van der Waals surface area contributed by atoms with Crippen LogP contribution in [0.25, 0.3) is 0 Å². The van der Waals surface area contributed by atoms with E-state index in [4.69, 9.17) is 11.6 Å². The van der Waals surface area contributed by atoms with Crippen molar-refractivity contribution in [1.29, 1.82) is 5.26 Å². The molecule has 1 aromatic carbocycles. The second kappa shape index (κ2) is 5.76. The van der Waals surface area contributed by atoms with Crippen molar-refractivity contribution >= 4 is 11.6 Å². The molecule has 1 aromatic rings. The minimum Gasteiger partial charge on any atom is -0.316 e. The predicted octanol–water partition coefficient (Wildman–Crippen LogP) is 4.15. The Kier molecular flexibility index (Phi) is 4.42. The number of benzene rings is 1. The van der Waals surface area contributed by atoms with Crippen LogP contribution in [0.4, 0.5) is 0 Å². The molecule has 1 heterocycles. The molecular weight excluding hydrogens is 268 g/mol. The minimum atomic E-state index is -0.386. The molecule has 2 rings (SSSR count). The molecule has 0 bridgehead atoms. The Morgan fingerprint density at radius 3 is 2.55 bits per heavy atom. The smallest absolute Gasteiger partial charge is 0.0874 e. The van der Waals surface area contributed by atoms with Crippen molar-refractivity contribution in [1.82, 2.24) is 5.32 Å². The van der Waals surface area contributed by atoms with E-state index in [2.05, 4.69) is 32.2 Å². The van der Waals surface area contributed by atoms with Crippen LogP contribution in [-0.4, -0.2) is 13.1 Å². The van der Waals surface area contributed by atoms with Gasteiger partial charge < -0.3 is 5.32 Å². The highest BCUT2D eigenvalue weighted by atomic mass is 35.5. The van der Waals surface area contributed by atoms with Crippen LogP contribution in [0.2, 0.25) is 5.02 Å². The lowest BCUT2D eigenvalue weighted by atomic mass is 9.63. The quantitative estimate of drug-likeness (QED) is 0.888. The SMILES string of the molecule is CC(C)(C)CC1CNCCC1(C#N)c1ccc(Cl)cc1. The van der Waals surface area contributed by atoms with Crippen molar-refractivity contribution in [2.75, 3.05) is 13.1 Å². The molecule has 20 heavy (non-hydrogen) atoms. The van der Waals surface area contributed by atoms with Gasteiger partial charge in [0.15, 0.2) is 0 Å². The zero-order chi connectivity index (χ0) is 14.8. The lowest BCUT2D eigenvalue weighted by Crippen LogP contribution is -2.48. The fraction of sp³-hybridized carbons (Fsp3) is 0.588. The molecule has 1 aliphatic heterocycles. The largest absolute Gasteiger partial charge is 0.316 e. The van der Waals surface area contributed by atoms with Crippen LogP contribution in [-0.2, 0) is 5.41 Å². The number of rotatable bonds is 2. The van der Waals surface area contributed by atoms with E-state index < -0.39 is 0 Å². The van der Waals surface area contributed by atoms with Crippen LogP contribution in [0.5, 0.6) is 0 Å². The Hall–Kier alpha value is -1.04. The molecule has 2 atom stereocenters. The average Bonchev–Trinajstić information content (AvgIpc) is 2.39.